The fourth-order valence-corrected chi connectivity index (χ4v) is 2.18. The lowest BCUT2D eigenvalue weighted by atomic mass is 9.99. The summed E-state index contributed by atoms with van der Waals surface area (Å²) in [5, 5.41) is 0. The monoisotopic (exact) mass is 221 g/mol. The van der Waals surface area contributed by atoms with Gasteiger partial charge in [0, 0.05) is 13.1 Å². The van der Waals surface area contributed by atoms with Gasteiger partial charge in [-0.25, -0.2) is 4.39 Å². The van der Waals surface area contributed by atoms with Crippen molar-refractivity contribution in [1.29, 1.82) is 0 Å². The molecule has 1 aliphatic heterocycles. The highest BCUT2D eigenvalue weighted by molar-refractivity contribution is 5.94. The molecule has 0 N–H and O–H groups in total. The molecule has 2 rings (SSSR count). The number of benzene rings is 1. The normalized spacial score (nSPS) is 20.9. The van der Waals surface area contributed by atoms with Crippen molar-refractivity contribution in [3.63, 3.8) is 0 Å². The van der Waals surface area contributed by atoms with Crippen LogP contribution in [0.5, 0.6) is 0 Å². The molecule has 0 bridgehead atoms. The Morgan fingerprint density at radius 3 is 2.88 bits per heavy atom. The minimum Gasteiger partial charge on any atom is -0.338 e. The maximum atomic E-state index is 13.4. The molecule has 1 heterocycles. The van der Waals surface area contributed by atoms with Crippen LogP contribution in [-0.4, -0.2) is 23.9 Å². The Balaban J connectivity index is 2.16. The standard InChI is InChI=1S/C13H16FNO/c1-10-5-4-8-15(9-10)13(16)11-6-2-3-7-12(11)14/h2-3,6-7,10H,4-5,8-9H2,1H3. The molecule has 0 aromatic heterocycles. The number of carbonyl (C=O) groups is 1. The first-order valence-corrected chi connectivity index (χ1v) is 5.72. The van der Waals surface area contributed by atoms with Crippen LogP contribution in [0.3, 0.4) is 0 Å². The second kappa shape index (κ2) is 4.64. The van der Waals surface area contributed by atoms with Crippen LogP contribution in [0.25, 0.3) is 0 Å². The van der Waals surface area contributed by atoms with Crippen molar-refractivity contribution in [3.8, 4) is 0 Å². The first kappa shape index (κ1) is 11.1. The second-order valence-electron chi connectivity index (χ2n) is 4.48. The Kier molecular flexibility index (Phi) is 3.22. The van der Waals surface area contributed by atoms with Crippen molar-refractivity contribution in [2.45, 2.75) is 19.8 Å². The summed E-state index contributed by atoms with van der Waals surface area (Å²) in [5.41, 5.74) is 0.191. The molecule has 0 aliphatic carbocycles. The predicted molar refractivity (Wildman–Crippen MR) is 60.7 cm³/mol. The summed E-state index contributed by atoms with van der Waals surface area (Å²) in [6.07, 6.45) is 2.17. The van der Waals surface area contributed by atoms with Gasteiger partial charge in [0.2, 0.25) is 0 Å². The van der Waals surface area contributed by atoms with Crippen LogP contribution in [0.4, 0.5) is 4.39 Å². The number of halogens is 1. The molecule has 1 fully saturated rings. The van der Waals surface area contributed by atoms with Gasteiger partial charge < -0.3 is 4.90 Å². The Morgan fingerprint density at radius 2 is 2.19 bits per heavy atom. The smallest absolute Gasteiger partial charge is 0.256 e. The zero-order valence-electron chi connectivity index (χ0n) is 9.45. The summed E-state index contributed by atoms with van der Waals surface area (Å²) in [4.78, 5) is 13.8. The van der Waals surface area contributed by atoms with Gasteiger partial charge in [0.1, 0.15) is 5.82 Å². The lowest BCUT2D eigenvalue weighted by Gasteiger charge is -2.31. The van der Waals surface area contributed by atoms with Crippen molar-refractivity contribution >= 4 is 5.91 Å². The van der Waals surface area contributed by atoms with Gasteiger partial charge in [-0.1, -0.05) is 19.1 Å². The highest BCUT2D eigenvalue weighted by Crippen LogP contribution is 2.18. The molecule has 1 atom stereocenters. The molecule has 0 saturated carbocycles. The molecule has 1 aromatic rings. The van der Waals surface area contributed by atoms with Gasteiger partial charge in [-0.15, -0.1) is 0 Å². The number of nitrogens with zero attached hydrogens (tertiary/aromatic N) is 1. The van der Waals surface area contributed by atoms with Crippen LogP contribution in [-0.2, 0) is 0 Å². The SMILES string of the molecule is CC1CCCN(C(=O)c2ccccc2F)C1. The van der Waals surface area contributed by atoms with Crippen molar-refractivity contribution in [3.05, 3.63) is 35.6 Å². The zero-order valence-corrected chi connectivity index (χ0v) is 9.45. The summed E-state index contributed by atoms with van der Waals surface area (Å²) >= 11 is 0. The minimum absolute atomic E-state index is 0.176. The summed E-state index contributed by atoms with van der Waals surface area (Å²) in [6.45, 7) is 3.62. The third-order valence-electron chi connectivity index (χ3n) is 3.05. The Bertz CT molecular complexity index is 391. The lowest BCUT2D eigenvalue weighted by molar-refractivity contribution is 0.0678. The fraction of sp³-hybridized carbons (Fsp3) is 0.462. The van der Waals surface area contributed by atoms with Crippen LogP contribution in [0.2, 0.25) is 0 Å². The molecule has 2 nitrogen and oxygen atoms in total. The molecule has 1 unspecified atom stereocenters. The Labute approximate surface area is 95.1 Å². The van der Waals surface area contributed by atoms with Crippen molar-refractivity contribution in [2.24, 2.45) is 5.92 Å². The molecule has 1 aromatic carbocycles. The number of hydrogen-bond donors (Lipinski definition) is 0. The van der Waals surface area contributed by atoms with E-state index in [0.717, 1.165) is 25.9 Å². The molecular weight excluding hydrogens is 205 g/mol. The fourth-order valence-electron chi connectivity index (χ4n) is 2.18. The Hall–Kier alpha value is -1.38. The molecule has 1 saturated heterocycles. The zero-order chi connectivity index (χ0) is 11.5. The van der Waals surface area contributed by atoms with Crippen LogP contribution in [0.1, 0.15) is 30.1 Å². The summed E-state index contributed by atoms with van der Waals surface area (Å²) < 4.78 is 13.4. The number of piperidine rings is 1. The van der Waals surface area contributed by atoms with E-state index in [1.807, 2.05) is 0 Å². The molecule has 86 valence electrons. The molecule has 0 spiro atoms. The van der Waals surface area contributed by atoms with Crippen LogP contribution >= 0.6 is 0 Å². The maximum absolute atomic E-state index is 13.4. The largest absolute Gasteiger partial charge is 0.338 e. The second-order valence-corrected chi connectivity index (χ2v) is 4.48. The first-order valence-electron chi connectivity index (χ1n) is 5.72. The van der Waals surface area contributed by atoms with Crippen molar-refractivity contribution < 1.29 is 9.18 Å². The number of carbonyl (C=O) groups excluding carboxylic acids is 1. The van der Waals surface area contributed by atoms with E-state index in [2.05, 4.69) is 6.92 Å². The van der Waals surface area contributed by atoms with Gasteiger partial charge in [-0.2, -0.15) is 0 Å². The number of hydrogen-bond acceptors (Lipinski definition) is 1. The minimum atomic E-state index is -0.425. The highest BCUT2D eigenvalue weighted by Gasteiger charge is 2.23. The molecule has 3 heteroatoms. The van der Waals surface area contributed by atoms with E-state index < -0.39 is 5.82 Å². The molecule has 0 radical (unpaired) electrons. The van der Waals surface area contributed by atoms with Crippen molar-refractivity contribution in [1.82, 2.24) is 4.90 Å². The third kappa shape index (κ3) is 2.23. The van der Waals surface area contributed by atoms with Crippen LogP contribution in [0, 0.1) is 11.7 Å². The summed E-state index contributed by atoms with van der Waals surface area (Å²) in [6, 6.07) is 6.19. The number of likely N-dealkylation sites (tertiary alicyclic amines) is 1. The highest BCUT2D eigenvalue weighted by atomic mass is 19.1. The average Bonchev–Trinajstić information content (AvgIpc) is 2.29. The first-order chi connectivity index (χ1) is 7.68. The van der Waals surface area contributed by atoms with E-state index in [1.54, 1.807) is 23.1 Å². The average molecular weight is 221 g/mol. The Morgan fingerprint density at radius 1 is 1.44 bits per heavy atom. The van der Waals surface area contributed by atoms with E-state index in [0.29, 0.717) is 5.92 Å². The van der Waals surface area contributed by atoms with E-state index in [1.165, 1.54) is 6.07 Å². The number of rotatable bonds is 1. The van der Waals surface area contributed by atoms with Crippen LogP contribution in [0.15, 0.2) is 24.3 Å². The van der Waals surface area contributed by atoms with Gasteiger partial charge in [0.25, 0.3) is 5.91 Å². The third-order valence-corrected chi connectivity index (χ3v) is 3.05. The van der Waals surface area contributed by atoms with Crippen molar-refractivity contribution in [2.75, 3.05) is 13.1 Å². The van der Waals surface area contributed by atoms with Gasteiger partial charge >= 0.3 is 0 Å². The van der Waals surface area contributed by atoms with E-state index in [-0.39, 0.29) is 11.5 Å². The quantitative estimate of drug-likeness (QED) is 0.714. The predicted octanol–water partition coefficient (Wildman–Crippen LogP) is 2.70. The van der Waals surface area contributed by atoms with E-state index >= 15 is 0 Å². The van der Waals surface area contributed by atoms with Gasteiger partial charge in [0.15, 0.2) is 0 Å². The number of amides is 1. The molecular formula is C13H16FNO. The summed E-state index contributed by atoms with van der Waals surface area (Å²) in [5.74, 6) is -0.0835. The topological polar surface area (TPSA) is 20.3 Å². The maximum Gasteiger partial charge on any atom is 0.256 e. The van der Waals surface area contributed by atoms with Gasteiger partial charge in [-0.3, -0.25) is 4.79 Å². The van der Waals surface area contributed by atoms with Gasteiger partial charge in [0.05, 0.1) is 5.56 Å². The van der Waals surface area contributed by atoms with Gasteiger partial charge in [-0.05, 0) is 30.9 Å². The van der Waals surface area contributed by atoms with E-state index in [4.69, 9.17) is 0 Å². The molecule has 1 aliphatic rings. The van der Waals surface area contributed by atoms with E-state index in [9.17, 15) is 9.18 Å². The molecule has 1 amide bonds. The lowest BCUT2D eigenvalue weighted by Crippen LogP contribution is -2.39. The molecule has 16 heavy (non-hydrogen) atoms. The summed E-state index contributed by atoms with van der Waals surface area (Å²) in [7, 11) is 0. The van der Waals surface area contributed by atoms with Crippen LogP contribution < -0.4 is 0 Å².